The standard InChI is InChI=1S/C16H26N2O2S/c1-5-17(6-2)15-9-10-18(12-15)21(19,20)16-8-7-13(3)14(4)11-16/h7-8,11,15H,5-6,9-10,12H2,1-4H3. The van der Waals surface area contributed by atoms with Crippen molar-refractivity contribution in [2.24, 2.45) is 0 Å². The van der Waals surface area contributed by atoms with Crippen molar-refractivity contribution in [2.75, 3.05) is 26.2 Å². The van der Waals surface area contributed by atoms with Gasteiger partial charge < -0.3 is 0 Å². The van der Waals surface area contributed by atoms with Crippen LogP contribution in [0.2, 0.25) is 0 Å². The van der Waals surface area contributed by atoms with Gasteiger partial charge in [-0.25, -0.2) is 8.42 Å². The molecule has 2 rings (SSSR count). The van der Waals surface area contributed by atoms with Gasteiger partial charge in [0.15, 0.2) is 0 Å². The fourth-order valence-corrected chi connectivity index (χ4v) is 4.57. The minimum absolute atomic E-state index is 0.348. The third-order valence-corrected chi connectivity index (χ3v) is 6.43. The van der Waals surface area contributed by atoms with Crippen LogP contribution in [0.4, 0.5) is 0 Å². The van der Waals surface area contributed by atoms with Crippen LogP contribution in [-0.2, 0) is 10.0 Å². The molecule has 0 spiro atoms. The fraction of sp³-hybridized carbons (Fsp3) is 0.625. The molecule has 118 valence electrons. The van der Waals surface area contributed by atoms with Crippen molar-refractivity contribution in [2.45, 2.75) is 45.1 Å². The molecule has 0 bridgehead atoms. The summed E-state index contributed by atoms with van der Waals surface area (Å²) in [6.45, 7) is 11.4. The molecule has 1 heterocycles. The maximum absolute atomic E-state index is 12.8. The lowest BCUT2D eigenvalue weighted by Gasteiger charge is -2.26. The van der Waals surface area contributed by atoms with E-state index in [-0.39, 0.29) is 0 Å². The van der Waals surface area contributed by atoms with Gasteiger partial charge in [-0.3, -0.25) is 4.90 Å². The van der Waals surface area contributed by atoms with E-state index in [0.29, 0.717) is 24.0 Å². The maximum Gasteiger partial charge on any atom is 0.243 e. The summed E-state index contributed by atoms with van der Waals surface area (Å²) in [4.78, 5) is 2.77. The molecule has 1 unspecified atom stereocenters. The molecule has 1 aromatic rings. The van der Waals surface area contributed by atoms with Crippen molar-refractivity contribution in [3.63, 3.8) is 0 Å². The van der Waals surface area contributed by atoms with Crippen LogP contribution in [0, 0.1) is 13.8 Å². The molecule has 0 N–H and O–H groups in total. The third kappa shape index (κ3) is 3.30. The van der Waals surface area contributed by atoms with Gasteiger partial charge in [-0.2, -0.15) is 4.31 Å². The van der Waals surface area contributed by atoms with Gasteiger partial charge in [-0.05, 0) is 56.6 Å². The van der Waals surface area contributed by atoms with Gasteiger partial charge in [0.25, 0.3) is 0 Å². The number of aryl methyl sites for hydroxylation is 2. The molecule has 5 heteroatoms. The smallest absolute Gasteiger partial charge is 0.243 e. The van der Waals surface area contributed by atoms with E-state index in [1.807, 2.05) is 19.9 Å². The number of likely N-dealkylation sites (N-methyl/N-ethyl adjacent to an activating group) is 1. The molecule has 1 aromatic carbocycles. The summed E-state index contributed by atoms with van der Waals surface area (Å²) < 4.78 is 27.1. The zero-order valence-corrected chi connectivity index (χ0v) is 14.3. The van der Waals surface area contributed by atoms with Crippen molar-refractivity contribution in [3.05, 3.63) is 29.3 Å². The Morgan fingerprint density at radius 3 is 2.43 bits per heavy atom. The summed E-state index contributed by atoms with van der Waals surface area (Å²) in [5.74, 6) is 0. The predicted molar refractivity (Wildman–Crippen MR) is 86.0 cm³/mol. The molecule has 0 aromatic heterocycles. The van der Waals surface area contributed by atoms with E-state index in [0.717, 1.165) is 30.6 Å². The normalized spacial score (nSPS) is 20.3. The van der Waals surface area contributed by atoms with E-state index < -0.39 is 10.0 Å². The number of hydrogen-bond donors (Lipinski definition) is 0. The molecule has 0 amide bonds. The Kier molecular flexibility index (Phi) is 5.07. The summed E-state index contributed by atoms with van der Waals surface area (Å²) >= 11 is 0. The van der Waals surface area contributed by atoms with Crippen LogP contribution in [0.15, 0.2) is 23.1 Å². The molecule has 21 heavy (non-hydrogen) atoms. The lowest BCUT2D eigenvalue weighted by molar-refractivity contribution is 0.224. The summed E-state index contributed by atoms with van der Waals surface area (Å²) in [5.41, 5.74) is 2.15. The van der Waals surface area contributed by atoms with Crippen LogP contribution in [-0.4, -0.2) is 49.8 Å². The number of sulfonamides is 1. The zero-order chi connectivity index (χ0) is 15.6. The SMILES string of the molecule is CCN(CC)C1CCN(S(=O)(=O)c2ccc(C)c(C)c2)C1. The molecule has 1 atom stereocenters. The van der Waals surface area contributed by atoms with Crippen molar-refractivity contribution in [3.8, 4) is 0 Å². The predicted octanol–water partition coefficient (Wildman–Crippen LogP) is 2.41. The molecule has 0 saturated carbocycles. The highest BCUT2D eigenvalue weighted by molar-refractivity contribution is 7.89. The van der Waals surface area contributed by atoms with Crippen molar-refractivity contribution < 1.29 is 8.42 Å². The van der Waals surface area contributed by atoms with E-state index in [4.69, 9.17) is 0 Å². The van der Waals surface area contributed by atoms with Crippen molar-refractivity contribution in [1.29, 1.82) is 0 Å². The van der Waals surface area contributed by atoms with Crippen LogP contribution >= 0.6 is 0 Å². The van der Waals surface area contributed by atoms with Gasteiger partial charge in [-0.1, -0.05) is 19.9 Å². The number of rotatable bonds is 5. The molecular weight excluding hydrogens is 284 g/mol. The number of nitrogens with zero attached hydrogens (tertiary/aromatic N) is 2. The summed E-state index contributed by atoms with van der Waals surface area (Å²) in [7, 11) is -3.35. The second kappa shape index (κ2) is 6.46. The van der Waals surface area contributed by atoms with Gasteiger partial charge in [0.2, 0.25) is 10.0 Å². The minimum atomic E-state index is -3.35. The van der Waals surface area contributed by atoms with E-state index in [9.17, 15) is 8.42 Å². The van der Waals surface area contributed by atoms with Gasteiger partial charge in [-0.15, -0.1) is 0 Å². The first kappa shape index (κ1) is 16.5. The molecule has 0 radical (unpaired) electrons. The van der Waals surface area contributed by atoms with Crippen molar-refractivity contribution in [1.82, 2.24) is 9.21 Å². The van der Waals surface area contributed by atoms with Gasteiger partial charge >= 0.3 is 0 Å². The Morgan fingerprint density at radius 1 is 1.19 bits per heavy atom. The van der Waals surface area contributed by atoms with E-state index in [2.05, 4.69) is 18.7 Å². The van der Waals surface area contributed by atoms with Crippen LogP contribution < -0.4 is 0 Å². The Bertz CT molecular complexity index is 594. The Balaban J connectivity index is 2.19. The first-order valence-corrected chi connectivity index (χ1v) is 9.15. The average molecular weight is 310 g/mol. The number of benzene rings is 1. The van der Waals surface area contributed by atoms with Gasteiger partial charge in [0.05, 0.1) is 4.90 Å². The topological polar surface area (TPSA) is 40.6 Å². The van der Waals surface area contributed by atoms with E-state index in [1.54, 1.807) is 16.4 Å². The lowest BCUT2D eigenvalue weighted by atomic mass is 10.1. The van der Waals surface area contributed by atoms with Crippen LogP contribution in [0.3, 0.4) is 0 Å². The van der Waals surface area contributed by atoms with E-state index >= 15 is 0 Å². The minimum Gasteiger partial charge on any atom is -0.300 e. The highest BCUT2D eigenvalue weighted by Crippen LogP contribution is 2.24. The molecular formula is C16H26N2O2S. The van der Waals surface area contributed by atoms with Crippen LogP contribution in [0.25, 0.3) is 0 Å². The highest BCUT2D eigenvalue weighted by Gasteiger charge is 2.34. The summed E-state index contributed by atoms with van der Waals surface area (Å²) in [5, 5.41) is 0. The summed E-state index contributed by atoms with van der Waals surface area (Å²) in [6, 6.07) is 5.75. The average Bonchev–Trinajstić information content (AvgIpc) is 2.93. The lowest BCUT2D eigenvalue weighted by Crippen LogP contribution is -2.38. The zero-order valence-electron chi connectivity index (χ0n) is 13.5. The first-order valence-electron chi connectivity index (χ1n) is 7.71. The van der Waals surface area contributed by atoms with Crippen molar-refractivity contribution >= 4 is 10.0 Å². The second-order valence-corrected chi connectivity index (χ2v) is 7.71. The maximum atomic E-state index is 12.8. The monoisotopic (exact) mass is 310 g/mol. The Hall–Kier alpha value is -0.910. The van der Waals surface area contributed by atoms with Crippen LogP contribution in [0.1, 0.15) is 31.4 Å². The molecule has 1 saturated heterocycles. The Morgan fingerprint density at radius 2 is 1.86 bits per heavy atom. The Labute approximate surface area is 128 Å². The molecule has 0 aliphatic carbocycles. The molecule has 4 nitrogen and oxygen atoms in total. The third-order valence-electron chi connectivity index (χ3n) is 4.57. The van der Waals surface area contributed by atoms with Gasteiger partial charge in [0.1, 0.15) is 0 Å². The quantitative estimate of drug-likeness (QED) is 0.838. The van der Waals surface area contributed by atoms with Gasteiger partial charge in [0, 0.05) is 19.1 Å². The molecule has 1 aliphatic heterocycles. The largest absolute Gasteiger partial charge is 0.300 e. The highest BCUT2D eigenvalue weighted by atomic mass is 32.2. The second-order valence-electron chi connectivity index (χ2n) is 5.77. The summed E-state index contributed by atoms with van der Waals surface area (Å²) in [6.07, 6.45) is 0.922. The first-order chi connectivity index (χ1) is 9.90. The fourth-order valence-electron chi connectivity index (χ4n) is 2.99. The van der Waals surface area contributed by atoms with E-state index in [1.165, 1.54) is 0 Å². The van der Waals surface area contributed by atoms with Crippen LogP contribution in [0.5, 0.6) is 0 Å². The number of hydrogen-bond acceptors (Lipinski definition) is 3. The molecule has 1 aliphatic rings. The molecule has 1 fully saturated rings.